The van der Waals surface area contributed by atoms with Crippen molar-refractivity contribution in [2.45, 2.75) is 44.7 Å². The van der Waals surface area contributed by atoms with Crippen molar-refractivity contribution in [3.63, 3.8) is 0 Å². The Hall–Kier alpha value is -2.05. The third-order valence-corrected chi connectivity index (χ3v) is 6.80. The number of carbonyl (C=O) groups is 1. The van der Waals surface area contributed by atoms with Crippen LogP contribution in [-0.2, 0) is 6.18 Å². The van der Waals surface area contributed by atoms with Crippen molar-refractivity contribution in [2.75, 3.05) is 6.54 Å². The van der Waals surface area contributed by atoms with Gasteiger partial charge in [0.05, 0.1) is 0 Å². The minimum atomic E-state index is -4.53. The molecule has 0 radical (unpaired) electrons. The number of halogens is 3. The average Bonchev–Trinajstić information content (AvgIpc) is 3.03. The quantitative estimate of drug-likeness (QED) is 0.867. The molecule has 0 aliphatic heterocycles. The molecule has 2 aromatic heterocycles. The number of fused-ring (bicyclic) bond motifs is 1. The zero-order valence-corrected chi connectivity index (χ0v) is 14.9. The zero-order chi connectivity index (χ0) is 18.8. The lowest BCUT2D eigenvalue weighted by Crippen LogP contribution is -2.51. The van der Waals surface area contributed by atoms with Crippen LogP contribution in [0.2, 0.25) is 0 Å². The van der Waals surface area contributed by atoms with Gasteiger partial charge in [-0.15, -0.1) is 0 Å². The Labute approximate surface area is 155 Å². The SMILES string of the molecule is O=C(NCC12CC3CC(CC(C3)C1)C2)c1cccc2nc(C(F)(F)F)cn12. The number of amides is 1. The van der Waals surface area contributed by atoms with Gasteiger partial charge in [0.15, 0.2) is 5.69 Å². The Kier molecular flexibility index (Phi) is 3.62. The van der Waals surface area contributed by atoms with Crippen LogP contribution in [0.1, 0.15) is 54.7 Å². The number of nitrogens with zero attached hydrogens (tertiary/aromatic N) is 2. The lowest BCUT2D eigenvalue weighted by Gasteiger charge is -2.56. The maximum atomic E-state index is 13.0. The number of hydrogen-bond donors (Lipinski definition) is 1. The van der Waals surface area contributed by atoms with E-state index in [-0.39, 0.29) is 22.7 Å². The first-order valence-electron chi connectivity index (χ1n) is 9.65. The van der Waals surface area contributed by atoms with Crippen molar-refractivity contribution in [2.24, 2.45) is 23.2 Å². The van der Waals surface area contributed by atoms with E-state index < -0.39 is 11.9 Å². The van der Waals surface area contributed by atoms with Gasteiger partial charge in [0, 0.05) is 12.7 Å². The van der Waals surface area contributed by atoms with E-state index >= 15 is 0 Å². The number of rotatable bonds is 3. The van der Waals surface area contributed by atoms with Crippen molar-refractivity contribution in [3.8, 4) is 0 Å². The summed E-state index contributed by atoms with van der Waals surface area (Å²) in [5, 5.41) is 3.03. The summed E-state index contributed by atoms with van der Waals surface area (Å²) < 4.78 is 40.1. The van der Waals surface area contributed by atoms with Gasteiger partial charge < -0.3 is 5.32 Å². The summed E-state index contributed by atoms with van der Waals surface area (Å²) in [6, 6.07) is 4.59. The van der Waals surface area contributed by atoms with Crippen LogP contribution in [0.15, 0.2) is 24.4 Å². The molecule has 2 aromatic rings. The van der Waals surface area contributed by atoms with Crippen LogP contribution in [0.25, 0.3) is 5.65 Å². The van der Waals surface area contributed by atoms with E-state index in [9.17, 15) is 18.0 Å². The third kappa shape index (κ3) is 2.91. The Morgan fingerprint density at radius 1 is 1.15 bits per heavy atom. The fourth-order valence-electron chi connectivity index (χ4n) is 6.20. The Morgan fingerprint density at radius 2 is 1.78 bits per heavy atom. The lowest BCUT2D eigenvalue weighted by atomic mass is 9.49. The summed E-state index contributed by atoms with van der Waals surface area (Å²) in [6.07, 6.45) is 3.89. The summed E-state index contributed by atoms with van der Waals surface area (Å²) in [4.78, 5) is 16.4. The topological polar surface area (TPSA) is 46.4 Å². The van der Waals surface area contributed by atoms with Crippen LogP contribution in [0, 0.1) is 23.2 Å². The second kappa shape index (κ2) is 5.72. The summed E-state index contributed by atoms with van der Waals surface area (Å²) in [5.41, 5.74) is -0.474. The van der Waals surface area contributed by atoms with E-state index in [1.54, 1.807) is 12.1 Å². The Bertz CT molecular complexity index is 866. The maximum Gasteiger partial charge on any atom is 0.434 e. The molecule has 4 aliphatic carbocycles. The standard InChI is InChI=1S/C20H22F3N3O/c21-20(22,23)16-10-26-15(2-1-3-17(26)25-16)18(27)24-11-19-7-12-4-13(8-19)6-14(5-12)9-19/h1-3,10,12-14H,4-9,11H2,(H,24,27). The fraction of sp³-hybridized carbons (Fsp3) is 0.600. The number of hydrogen-bond acceptors (Lipinski definition) is 2. The average molecular weight is 377 g/mol. The highest BCUT2D eigenvalue weighted by atomic mass is 19.4. The molecule has 4 nitrogen and oxygen atoms in total. The van der Waals surface area contributed by atoms with Crippen LogP contribution >= 0.6 is 0 Å². The maximum absolute atomic E-state index is 13.0. The largest absolute Gasteiger partial charge is 0.434 e. The van der Waals surface area contributed by atoms with Crippen LogP contribution in [-0.4, -0.2) is 21.8 Å². The first-order valence-corrected chi connectivity index (χ1v) is 9.65. The summed E-state index contributed by atoms with van der Waals surface area (Å²) in [5.74, 6) is 2.04. The molecule has 1 amide bonds. The summed E-state index contributed by atoms with van der Waals surface area (Å²) >= 11 is 0. The van der Waals surface area contributed by atoms with Gasteiger partial charge in [-0.1, -0.05) is 6.07 Å². The highest BCUT2D eigenvalue weighted by molar-refractivity contribution is 5.93. The molecule has 27 heavy (non-hydrogen) atoms. The minimum absolute atomic E-state index is 0.129. The van der Waals surface area contributed by atoms with Gasteiger partial charge in [-0.2, -0.15) is 13.2 Å². The second-order valence-electron chi connectivity index (χ2n) is 8.86. The van der Waals surface area contributed by atoms with E-state index in [1.165, 1.54) is 49.0 Å². The molecule has 2 heterocycles. The van der Waals surface area contributed by atoms with Crippen LogP contribution < -0.4 is 5.32 Å². The molecule has 4 saturated carbocycles. The first kappa shape index (κ1) is 17.1. The van der Waals surface area contributed by atoms with Crippen molar-refractivity contribution in [1.82, 2.24) is 14.7 Å². The molecule has 0 saturated heterocycles. The second-order valence-corrected chi connectivity index (χ2v) is 8.86. The lowest BCUT2D eigenvalue weighted by molar-refractivity contribution is -0.140. The van der Waals surface area contributed by atoms with Gasteiger partial charge in [-0.3, -0.25) is 9.20 Å². The van der Waals surface area contributed by atoms with Gasteiger partial charge in [0.2, 0.25) is 0 Å². The predicted molar refractivity (Wildman–Crippen MR) is 93.1 cm³/mol. The number of aromatic nitrogens is 2. The van der Waals surface area contributed by atoms with E-state index in [0.29, 0.717) is 6.54 Å². The zero-order valence-electron chi connectivity index (χ0n) is 14.9. The molecule has 0 unspecified atom stereocenters. The molecule has 7 heteroatoms. The monoisotopic (exact) mass is 377 g/mol. The van der Waals surface area contributed by atoms with E-state index in [2.05, 4.69) is 10.3 Å². The van der Waals surface area contributed by atoms with Gasteiger partial charge in [0.1, 0.15) is 11.3 Å². The molecule has 1 N–H and O–H groups in total. The van der Waals surface area contributed by atoms with Crippen molar-refractivity contribution in [1.29, 1.82) is 0 Å². The molecule has 0 aromatic carbocycles. The van der Waals surface area contributed by atoms with Crippen molar-refractivity contribution < 1.29 is 18.0 Å². The molecule has 6 rings (SSSR count). The normalized spacial score (nSPS) is 32.2. The van der Waals surface area contributed by atoms with E-state index in [4.69, 9.17) is 0 Å². The van der Waals surface area contributed by atoms with Crippen LogP contribution in [0.5, 0.6) is 0 Å². The Balaban J connectivity index is 1.36. The molecule has 144 valence electrons. The van der Waals surface area contributed by atoms with Crippen molar-refractivity contribution >= 4 is 11.6 Å². The van der Waals surface area contributed by atoms with Gasteiger partial charge in [-0.25, -0.2) is 4.98 Å². The predicted octanol–water partition coefficient (Wildman–Crippen LogP) is 4.30. The number of nitrogens with one attached hydrogen (secondary N) is 1. The fourth-order valence-corrected chi connectivity index (χ4v) is 6.20. The first-order chi connectivity index (χ1) is 12.8. The highest BCUT2D eigenvalue weighted by Crippen LogP contribution is 2.59. The molecule has 4 aliphatic rings. The number of pyridine rings is 1. The number of carbonyl (C=O) groups excluding carboxylic acids is 1. The van der Waals surface area contributed by atoms with E-state index in [0.717, 1.165) is 24.0 Å². The molecule has 0 atom stereocenters. The Morgan fingerprint density at radius 3 is 2.37 bits per heavy atom. The third-order valence-electron chi connectivity index (χ3n) is 6.80. The summed E-state index contributed by atoms with van der Waals surface area (Å²) in [7, 11) is 0. The number of alkyl halides is 3. The van der Waals surface area contributed by atoms with Gasteiger partial charge in [0.25, 0.3) is 5.91 Å². The van der Waals surface area contributed by atoms with E-state index in [1.807, 2.05) is 0 Å². The van der Waals surface area contributed by atoms with Crippen molar-refractivity contribution in [3.05, 3.63) is 35.8 Å². The molecule has 4 fully saturated rings. The molecular weight excluding hydrogens is 355 g/mol. The van der Waals surface area contributed by atoms with Crippen LogP contribution in [0.3, 0.4) is 0 Å². The smallest absolute Gasteiger partial charge is 0.350 e. The number of imidazole rings is 1. The molecule has 0 spiro atoms. The van der Waals surface area contributed by atoms with Gasteiger partial charge in [-0.05, 0) is 73.8 Å². The van der Waals surface area contributed by atoms with Crippen LogP contribution in [0.4, 0.5) is 13.2 Å². The van der Waals surface area contributed by atoms with Gasteiger partial charge >= 0.3 is 6.18 Å². The minimum Gasteiger partial charge on any atom is -0.350 e. The molecule has 4 bridgehead atoms. The summed E-state index contributed by atoms with van der Waals surface area (Å²) in [6.45, 7) is 0.618. The molecular formula is C20H22F3N3O. The highest BCUT2D eigenvalue weighted by Gasteiger charge is 2.50.